The Morgan fingerprint density at radius 1 is 1.32 bits per heavy atom. The van der Waals surface area contributed by atoms with Crippen molar-refractivity contribution >= 4 is 6.03 Å². The van der Waals surface area contributed by atoms with Gasteiger partial charge in [0.25, 0.3) is 0 Å². The summed E-state index contributed by atoms with van der Waals surface area (Å²) >= 11 is 0. The van der Waals surface area contributed by atoms with Crippen LogP contribution >= 0.6 is 0 Å². The molecule has 2 rings (SSSR count). The van der Waals surface area contributed by atoms with Gasteiger partial charge in [0.05, 0.1) is 19.3 Å². The molecular formula is C16H22N4O2. The quantitative estimate of drug-likeness (QED) is 0.854. The first kappa shape index (κ1) is 15.9. The predicted molar refractivity (Wildman–Crippen MR) is 84.9 cm³/mol. The summed E-state index contributed by atoms with van der Waals surface area (Å²) in [6.45, 7) is 3.05. The molecule has 6 nitrogen and oxygen atoms in total. The van der Waals surface area contributed by atoms with Crippen LogP contribution in [0.25, 0.3) is 0 Å². The first-order valence-electron chi connectivity index (χ1n) is 7.22. The van der Waals surface area contributed by atoms with Crippen LogP contribution in [0.15, 0.2) is 30.5 Å². The van der Waals surface area contributed by atoms with Gasteiger partial charge in [0.15, 0.2) is 0 Å². The first-order valence-corrected chi connectivity index (χ1v) is 7.22. The molecule has 2 aromatic rings. The Labute approximate surface area is 130 Å². The molecule has 0 atom stereocenters. The lowest BCUT2D eigenvalue weighted by molar-refractivity contribution is 0.240. The third-order valence-corrected chi connectivity index (χ3v) is 3.47. The van der Waals surface area contributed by atoms with Crippen LogP contribution < -0.4 is 15.4 Å². The topological polar surface area (TPSA) is 68.2 Å². The molecule has 2 N–H and O–H groups in total. The van der Waals surface area contributed by atoms with Crippen molar-refractivity contribution in [1.29, 1.82) is 0 Å². The second kappa shape index (κ2) is 7.49. The lowest BCUT2D eigenvalue weighted by Gasteiger charge is -2.11. The molecule has 6 heteroatoms. The third-order valence-electron chi connectivity index (χ3n) is 3.47. The van der Waals surface area contributed by atoms with Gasteiger partial charge in [-0.1, -0.05) is 17.7 Å². The molecule has 0 bridgehead atoms. The van der Waals surface area contributed by atoms with Gasteiger partial charge in [-0.15, -0.1) is 0 Å². The Balaban J connectivity index is 1.77. The number of carbonyl (C=O) groups is 1. The Bertz CT molecular complexity index is 637. The number of rotatable bonds is 6. The lowest BCUT2D eigenvalue weighted by Crippen LogP contribution is -2.36. The largest absolute Gasteiger partial charge is 0.496 e. The molecule has 0 unspecified atom stereocenters. The van der Waals surface area contributed by atoms with E-state index in [0.29, 0.717) is 13.1 Å². The number of amides is 2. The molecular weight excluding hydrogens is 280 g/mol. The number of urea groups is 1. The molecule has 0 saturated carbocycles. The summed E-state index contributed by atoms with van der Waals surface area (Å²) in [7, 11) is 3.50. The van der Waals surface area contributed by atoms with Crippen molar-refractivity contribution in [2.24, 2.45) is 7.05 Å². The van der Waals surface area contributed by atoms with Gasteiger partial charge in [-0.2, -0.15) is 5.10 Å². The molecule has 0 spiro atoms. The van der Waals surface area contributed by atoms with E-state index in [1.54, 1.807) is 18.0 Å². The van der Waals surface area contributed by atoms with E-state index in [2.05, 4.69) is 21.8 Å². The van der Waals surface area contributed by atoms with Gasteiger partial charge in [0.2, 0.25) is 0 Å². The minimum absolute atomic E-state index is 0.187. The van der Waals surface area contributed by atoms with E-state index in [0.717, 1.165) is 23.4 Å². The number of methoxy groups -OCH3 is 1. The minimum atomic E-state index is -0.187. The van der Waals surface area contributed by atoms with E-state index in [4.69, 9.17) is 4.74 Å². The van der Waals surface area contributed by atoms with Gasteiger partial charge in [-0.05, 0) is 31.0 Å². The van der Waals surface area contributed by atoms with E-state index in [9.17, 15) is 4.79 Å². The predicted octanol–water partition coefficient (Wildman–Crippen LogP) is 1.78. The molecule has 0 aliphatic rings. The first-order chi connectivity index (χ1) is 10.6. The van der Waals surface area contributed by atoms with Crippen molar-refractivity contribution in [1.82, 2.24) is 20.4 Å². The summed E-state index contributed by atoms with van der Waals surface area (Å²) in [6, 6.07) is 7.72. The molecule has 0 aliphatic carbocycles. The summed E-state index contributed by atoms with van der Waals surface area (Å²) in [5, 5.41) is 9.71. The van der Waals surface area contributed by atoms with E-state index in [1.165, 1.54) is 5.56 Å². The minimum Gasteiger partial charge on any atom is -0.496 e. The van der Waals surface area contributed by atoms with Gasteiger partial charge in [0, 0.05) is 19.8 Å². The van der Waals surface area contributed by atoms with E-state index in [-0.39, 0.29) is 6.03 Å². The average molecular weight is 302 g/mol. The highest BCUT2D eigenvalue weighted by Gasteiger charge is 2.05. The smallest absolute Gasteiger partial charge is 0.315 e. The summed E-state index contributed by atoms with van der Waals surface area (Å²) in [6.07, 6.45) is 2.43. The van der Waals surface area contributed by atoms with E-state index in [1.807, 2.05) is 32.2 Å². The van der Waals surface area contributed by atoms with E-state index < -0.39 is 0 Å². The molecule has 1 heterocycles. The zero-order chi connectivity index (χ0) is 15.9. The molecule has 22 heavy (non-hydrogen) atoms. The summed E-state index contributed by atoms with van der Waals surface area (Å²) in [5.74, 6) is 0.850. The third kappa shape index (κ3) is 4.25. The van der Waals surface area contributed by atoms with Crippen molar-refractivity contribution in [3.05, 3.63) is 47.3 Å². The number of aryl methyl sites for hydroxylation is 2. The fraction of sp³-hybridized carbons (Fsp3) is 0.375. The van der Waals surface area contributed by atoms with Gasteiger partial charge in [0.1, 0.15) is 5.75 Å². The number of hydrogen-bond donors (Lipinski definition) is 2. The van der Waals surface area contributed by atoms with Crippen LogP contribution in [0.4, 0.5) is 4.79 Å². The van der Waals surface area contributed by atoms with Crippen LogP contribution in [0.1, 0.15) is 16.8 Å². The van der Waals surface area contributed by atoms with Gasteiger partial charge in [-0.3, -0.25) is 4.68 Å². The van der Waals surface area contributed by atoms with Crippen molar-refractivity contribution in [3.8, 4) is 5.75 Å². The molecule has 1 aromatic heterocycles. The number of benzene rings is 1. The molecule has 0 saturated heterocycles. The van der Waals surface area contributed by atoms with Crippen molar-refractivity contribution in [2.75, 3.05) is 13.7 Å². The van der Waals surface area contributed by atoms with Crippen LogP contribution in [0.2, 0.25) is 0 Å². The molecule has 0 radical (unpaired) electrons. The number of hydrogen-bond acceptors (Lipinski definition) is 3. The maximum atomic E-state index is 11.8. The van der Waals surface area contributed by atoms with Crippen LogP contribution in [-0.4, -0.2) is 29.5 Å². The Morgan fingerprint density at radius 3 is 2.82 bits per heavy atom. The highest BCUT2D eigenvalue weighted by molar-refractivity contribution is 5.73. The number of nitrogens with zero attached hydrogens (tertiary/aromatic N) is 2. The zero-order valence-corrected chi connectivity index (χ0v) is 13.2. The number of carbonyl (C=O) groups excluding carboxylic acids is 1. The van der Waals surface area contributed by atoms with E-state index >= 15 is 0 Å². The second-order valence-corrected chi connectivity index (χ2v) is 5.12. The summed E-state index contributed by atoms with van der Waals surface area (Å²) in [4.78, 5) is 11.8. The van der Waals surface area contributed by atoms with Crippen LogP contribution in [0, 0.1) is 6.92 Å². The Kier molecular flexibility index (Phi) is 5.41. The molecule has 0 fully saturated rings. The SMILES string of the molecule is COc1ccc(C)cc1CCNC(=O)NCc1ccnn1C. The fourth-order valence-electron chi connectivity index (χ4n) is 2.22. The maximum Gasteiger partial charge on any atom is 0.315 e. The average Bonchev–Trinajstić information content (AvgIpc) is 2.91. The number of aromatic nitrogens is 2. The number of nitrogens with one attached hydrogen (secondary N) is 2. The Hall–Kier alpha value is -2.50. The number of ether oxygens (including phenoxy) is 1. The zero-order valence-electron chi connectivity index (χ0n) is 13.2. The lowest BCUT2D eigenvalue weighted by atomic mass is 10.1. The van der Waals surface area contributed by atoms with Crippen molar-refractivity contribution in [2.45, 2.75) is 19.9 Å². The summed E-state index contributed by atoms with van der Waals surface area (Å²) < 4.78 is 7.06. The monoisotopic (exact) mass is 302 g/mol. The molecule has 118 valence electrons. The highest BCUT2D eigenvalue weighted by atomic mass is 16.5. The van der Waals surface area contributed by atoms with Gasteiger partial charge in [-0.25, -0.2) is 4.79 Å². The molecule has 0 aliphatic heterocycles. The maximum absolute atomic E-state index is 11.8. The fourth-order valence-corrected chi connectivity index (χ4v) is 2.22. The van der Waals surface area contributed by atoms with Crippen LogP contribution in [-0.2, 0) is 20.0 Å². The Morgan fingerprint density at radius 2 is 2.14 bits per heavy atom. The second-order valence-electron chi connectivity index (χ2n) is 5.12. The highest BCUT2D eigenvalue weighted by Crippen LogP contribution is 2.19. The van der Waals surface area contributed by atoms with Gasteiger partial charge >= 0.3 is 6.03 Å². The molecule has 2 amide bonds. The van der Waals surface area contributed by atoms with Crippen LogP contribution in [0.5, 0.6) is 5.75 Å². The van der Waals surface area contributed by atoms with Crippen LogP contribution in [0.3, 0.4) is 0 Å². The van der Waals surface area contributed by atoms with Crippen molar-refractivity contribution in [3.63, 3.8) is 0 Å². The normalized spacial score (nSPS) is 10.3. The standard InChI is InChI=1S/C16H22N4O2/c1-12-4-5-15(22-3)13(10-12)6-8-17-16(21)18-11-14-7-9-19-20(14)2/h4-5,7,9-10H,6,8,11H2,1-3H3,(H2,17,18,21). The van der Waals surface area contributed by atoms with Crippen molar-refractivity contribution < 1.29 is 9.53 Å². The molecule has 1 aromatic carbocycles. The summed E-state index contributed by atoms with van der Waals surface area (Å²) in [5.41, 5.74) is 3.22. The van der Waals surface area contributed by atoms with Gasteiger partial charge < -0.3 is 15.4 Å².